The van der Waals surface area contributed by atoms with Crippen LogP contribution < -0.4 is 4.74 Å². The van der Waals surface area contributed by atoms with Crippen molar-refractivity contribution >= 4 is 15.7 Å². The van der Waals surface area contributed by atoms with Gasteiger partial charge in [0.2, 0.25) is 0 Å². The summed E-state index contributed by atoms with van der Waals surface area (Å²) < 4.78 is 35.9. The highest BCUT2D eigenvalue weighted by Crippen LogP contribution is 2.29. The second-order valence-electron chi connectivity index (χ2n) is 8.49. The summed E-state index contributed by atoms with van der Waals surface area (Å²) in [5, 5.41) is 0. The van der Waals surface area contributed by atoms with E-state index in [0.29, 0.717) is 17.9 Å². The number of hydrogen-bond acceptors (Lipinski definition) is 5. The van der Waals surface area contributed by atoms with Gasteiger partial charge in [0.25, 0.3) is 5.91 Å². The number of benzene rings is 1. The smallest absolute Gasteiger partial charge is 0.264 e. The summed E-state index contributed by atoms with van der Waals surface area (Å²) >= 11 is 0. The van der Waals surface area contributed by atoms with Crippen molar-refractivity contribution in [3.63, 3.8) is 0 Å². The summed E-state index contributed by atoms with van der Waals surface area (Å²) in [5.41, 5.74) is 2.09. The van der Waals surface area contributed by atoms with Crippen molar-refractivity contribution < 1.29 is 22.4 Å². The SMILES string of the molecule is Cc1ccc(C(C)C)c(OC(C)C(=O)N(Cc2ccc(C)o2)C2CCS(=O)(=O)C2)c1. The summed E-state index contributed by atoms with van der Waals surface area (Å²) in [6, 6.07) is 9.29. The number of amides is 1. The first-order valence-electron chi connectivity index (χ1n) is 10.4. The van der Waals surface area contributed by atoms with Crippen LogP contribution in [-0.4, -0.2) is 42.9 Å². The first-order chi connectivity index (χ1) is 14.1. The summed E-state index contributed by atoms with van der Waals surface area (Å²) in [4.78, 5) is 15.0. The fourth-order valence-corrected chi connectivity index (χ4v) is 5.57. The maximum atomic E-state index is 13.4. The van der Waals surface area contributed by atoms with Gasteiger partial charge in [0.15, 0.2) is 15.9 Å². The predicted molar refractivity (Wildman–Crippen MR) is 116 cm³/mol. The van der Waals surface area contributed by atoms with E-state index in [1.165, 1.54) is 0 Å². The molecule has 1 fully saturated rings. The Bertz CT molecular complexity index is 1010. The molecule has 2 unspecified atom stereocenters. The lowest BCUT2D eigenvalue weighted by Crippen LogP contribution is -2.46. The second-order valence-corrected chi connectivity index (χ2v) is 10.7. The number of carbonyl (C=O) groups excluding carboxylic acids is 1. The molecule has 1 saturated heterocycles. The highest BCUT2D eigenvalue weighted by Gasteiger charge is 2.37. The van der Waals surface area contributed by atoms with Crippen LogP contribution >= 0.6 is 0 Å². The molecule has 0 bridgehead atoms. The van der Waals surface area contributed by atoms with Gasteiger partial charge in [-0.2, -0.15) is 0 Å². The standard InChI is InChI=1S/C23H31NO5S/c1-15(2)21-9-6-16(3)12-22(21)29-18(5)23(25)24(13-20-8-7-17(4)28-20)19-10-11-30(26,27)14-19/h6-9,12,15,18-19H,10-11,13-14H2,1-5H3. The van der Waals surface area contributed by atoms with Crippen LogP contribution in [0.1, 0.15) is 55.8 Å². The molecule has 1 aliphatic heterocycles. The molecule has 1 aromatic carbocycles. The van der Waals surface area contributed by atoms with Gasteiger partial charge in [0.05, 0.1) is 18.1 Å². The number of sulfone groups is 1. The van der Waals surface area contributed by atoms with Crippen molar-refractivity contribution in [2.24, 2.45) is 0 Å². The average Bonchev–Trinajstić information content (AvgIpc) is 3.23. The quantitative estimate of drug-likeness (QED) is 0.660. The molecule has 0 aliphatic carbocycles. The van der Waals surface area contributed by atoms with Gasteiger partial charge in [-0.05, 0) is 62.4 Å². The van der Waals surface area contributed by atoms with E-state index in [4.69, 9.17) is 9.15 Å². The Morgan fingerprint density at radius 3 is 2.50 bits per heavy atom. The molecule has 2 aromatic rings. The van der Waals surface area contributed by atoms with Crippen molar-refractivity contribution in [3.8, 4) is 5.75 Å². The van der Waals surface area contributed by atoms with Gasteiger partial charge in [-0.15, -0.1) is 0 Å². The Hall–Kier alpha value is -2.28. The third-order valence-corrected chi connectivity index (χ3v) is 7.25. The lowest BCUT2D eigenvalue weighted by molar-refractivity contribution is -0.141. The molecule has 0 radical (unpaired) electrons. The number of aryl methyl sites for hydroxylation is 2. The highest BCUT2D eigenvalue weighted by molar-refractivity contribution is 7.91. The highest BCUT2D eigenvalue weighted by atomic mass is 32.2. The third kappa shape index (κ3) is 5.25. The molecule has 1 amide bonds. The zero-order valence-electron chi connectivity index (χ0n) is 18.3. The van der Waals surface area contributed by atoms with Crippen LogP contribution in [-0.2, 0) is 21.2 Å². The van der Waals surface area contributed by atoms with Gasteiger partial charge in [-0.25, -0.2) is 8.42 Å². The first-order valence-corrected chi connectivity index (χ1v) is 12.2. The topological polar surface area (TPSA) is 76.8 Å². The monoisotopic (exact) mass is 433 g/mol. The molecule has 0 saturated carbocycles. The lowest BCUT2D eigenvalue weighted by Gasteiger charge is -2.30. The second kappa shape index (κ2) is 8.84. The van der Waals surface area contributed by atoms with Crippen LogP contribution in [0.2, 0.25) is 0 Å². The Labute approximate surface area is 179 Å². The Balaban J connectivity index is 1.84. The molecule has 2 heterocycles. The predicted octanol–water partition coefficient (Wildman–Crippen LogP) is 4.00. The molecule has 164 valence electrons. The fourth-order valence-electron chi connectivity index (χ4n) is 3.84. The Kier molecular flexibility index (Phi) is 6.60. The van der Waals surface area contributed by atoms with Crippen molar-refractivity contribution in [2.75, 3.05) is 11.5 Å². The summed E-state index contributed by atoms with van der Waals surface area (Å²) in [6.45, 7) is 9.94. The molecule has 7 heteroatoms. The zero-order valence-corrected chi connectivity index (χ0v) is 19.2. The minimum atomic E-state index is -3.13. The normalized spacial score (nSPS) is 19.1. The number of hydrogen-bond donors (Lipinski definition) is 0. The van der Waals surface area contributed by atoms with E-state index in [0.717, 1.165) is 16.9 Å². The van der Waals surface area contributed by atoms with Crippen LogP contribution in [0.3, 0.4) is 0 Å². The molecule has 6 nitrogen and oxygen atoms in total. The number of ether oxygens (including phenoxy) is 1. The van der Waals surface area contributed by atoms with Gasteiger partial charge in [0, 0.05) is 6.04 Å². The van der Waals surface area contributed by atoms with Gasteiger partial charge < -0.3 is 14.1 Å². The van der Waals surface area contributed by atoms with Crippen LogP contribution in [0.15, 0.2) is 34.7 Å². The summed E-state index contributed by atoms with van der Waals surface area (Å²) in [6.07, 6.45) is -0.314. The number of carbonyl (C=O) groups is 1. The van der Waals surface area contributed by atoms with Crippen molar-refractivity contribution in [1.29, 1.82) is 0 Å². The fraction of sp³-hybridized carbons (Fsp3) is 0.522. The minimum Gasteiger partial charge on any atom is -0.481 e. The van der Waals surface area contributed by atoms with Crippen molar-refractivity contribution in [1.82, 2.24) is 4.90 Å². The molecule has 0 spiro atoms. The molecular weight excluding hydrogens is 402 g/mol. The average molecular weight is 434 g/mol. The largest absolute Gasteiger partial charge is 0.481 e. The van der Waals surface area contributed by atoms with E-state index in [9.17, 15) is 13.2 Å². The van der Waals surface area contributed by atoms with Gasteiger partial charge in [-0.3, -0.25) is 4.79 Å². The van der Waals surface area contributed by atoms with Gasteiger partial charge in [-0.1, -0.05) is 26.0 Å². The van der Waals surface area contributed by atoms with E-state index in [1.54, 1.807) is 11.8 Å². The van der Waals surface area contributed by atoms with Crippen LogP contribution in [0, 0.1) is 13.8 Å². The molecule has 2 atom stereocenters. The minimum absolute atomic E-state index is 0.0210. The van der Waals surface area contributed by atoms with Gasteiger partial charge >= 0.3 is 0 Å². The zero-order chi connectivity index (χ0) is 22.1. The number of nitrogens with zero attached hydrogens (tertiary/aromatic N) is 1. The molecule has 1 aliphatic rings. The number of furan rings is 1. The van der Waals surface area contributed by atoms with E-state index >= 15 is 0 Å². The number of rotatable bonds is 7. The molecular formula is C23H31NO5S. The van der Waals surface area contributed by atoms with E-state index in [2.05, 4.69) is 13.8 Å². The molecule has 1 aromatic heterocycles. The van der Waals surface area contributed by atoms with Crippen LogP contribution in [0.4, 0.5) is 0 Å². The van der Waals surface area contributed by atoms with Crippen molar-refractivity contribution in [2.45, 2.75) is 65.6 Å². The van der Waals surface area contributed by atoms with E-state index in [1.807, 2.05) is 44.2 Å². The van der Waals surface area contributed by atoms with Crippen molar-refractivity contribution in [3.05, 3.63) is 53.0 Å². The maximum Gasteiger partial charge on any atom is 0.264 e. The molecule has 3 rings (SSSR count). The van der Waals surface area contributed by atoms with Gasteiger partial charge in [0.1, 0.15) is 17.3 Å². The van der Waals surface area contributed by atoms with Crippen LogP contribution in [0.25, 0.3) is 0 Å². The van der Waals surface area contributed by atoms with E-state index in [-0.39, 0.29) is 35.9 Å². The first kappa shape index (κ1) is 22.4. The summed E-state index contributed by atoms with van der Waals surface area (Å²) in [5.74, 6) is 2.18. The maximum absolute atomic E-state index is 13.4. The Morgan fingerprint density at radius 2 is 1.93 bits per heavy atom. The lowest BCUT2D eigenvalue weighted by atomic mass is 10.0. The Morgan fingerprint density at radius 1 is 1.20 bits per heavy atom. The molecule has 0 N–H and O–H groups in total. The van der Waals surface area contributed by atoms with Crippen LogP contribution in [0.5, 0.6) is 5.75 Å². The summed E-state index contributed by atoms with van der Waals surface area (Å²) in [7, 11) is -3.13. The third-order valence-electron chi connectivity index (χ3n) is 5.50. The van der Waals surface area contributed by atoms with E-state index < -0.39 is 15.9 Å². The molecule has 30 heavy (non-hydrogen) atoms.